The largest absolute Gasteiger partial charge is 0.467 e. The third kappa shape index (κ3) is 2.76. The number of aryl methyl sites for hydroxylation is 2. The summed E-state index contributed by atoms with van der Waals surface area (Å²) in [5.74, 6) is 1.79. The average molecular weight is 228 g/mol. The second kappa shape index (κ2) is 4.89. The molecule has 15 heavy (non-hydrogen) atoms. The molecule has 1 N–H and O–H groups in total. The fourth-order valence-corrected chi connectivity index (χ4v) is 1.24. The van der Waals surface area contributed by atoms with Gasteiger partial charge in [-0.25, -0.2) is 0 Å². The Bertz CT molecular complexity index is 389. The van der Waals surface area contributed by atoms with Crippen LogP contribution in [0.2, 0.25) is 0 Å². The molecule has 0 atom stereocenters. The van der Waals surface area contributed by atoms with Gasteiger partial charge in [0.25, 0.3) is 0 Å². The zero-order valence-electron chi connectivity index (χ0n) is 8.73. The van der Waals surface area contributed by atoms with Gasteiger partial charge >= 0.3 is 0 Å². The Morgan fingerprint density at radius 1 is 1.53 bits per heavy atom. The lowest BCUT2D eigenvalue weighted by Crippen LogP contribution is -1.99. The van der Waals surface area contributed by atoms with Gasteiger partial charge in [0.1, 0.15) is 11.6 Å². The van der Waals surface area contributed by atoms with E-state index in [-0.39, 0.29) is 12.4 Å². The Labute approximate surface area is 94.7 Å². The number of furan rings is 1. The van der Waals surface area contributed by atoms with Gasteiger partial charge in [0.2, 0.25) is 0 Å². The number of nitrogens with one attached hydrogen (secondary N) is 1. The smallest absolute Gasteiger partial charge is 0.148 e. The molecule has 2 heterocycles. The number of rotatable bonds is 3. The fraction of sp³-hybridized carbons (Fsp3) is 0.300. The first-order valence-electron chi connectivity index (χ1n) is 4.52. The van der Waals surface area contributed by atoms with Crippen LogP contribution in [0.4, 0.5) is 5.82 Å². The van der Waals surface area contributed by atoms with Gasteiger partial charge in [0.05, 0.1) is 12.8 Å². The molecular weight excluding hydrogens is 214 g/mol. The van der Waals surface area contributed by atoms with Crippen LogP contribution in [0.25, 0.3) is 0 Å². The molecule has 0 spiro atoms. The van der Waals surface area contributed by atoms with E-state index >= 15 is 0 Å². The van der Waals surface area contributed by atoms with Gasteiger partial charge in [0.15, 0.2) is 0 Å². The monoisotopic (exact) mass is 227 g/mol. The lowest BCUT2D eigenvalue weighted by atomic mass is 10.4. The van der Waals surface area contributed by atoms with E-state index < -0.39 is 0 Å². The maximum atomic E-state index is 5.20. The summed E-state index contributed by atoms with van der Waals surface area (Å²) in [5, 5.41) is 7.46. The highest BCUT2D eigenvalue weighted by Gasteiger charge is 2.00. The summed E-state index contributed by atoms with van der Waals surface area (Å²) in [6.45, 7) is 2.69. The normalized spacial score (nSPS) is 9.73. The van der Waals surface area contributed by atoms with Crippen molar-refractivity contribution in [3.8, 4) is 0 Å². The Hall–Kier alpha value is -1.42. The van der Waals surface area contributed by atoms with Gasteiger partial charge in [-0.3, -0.25) is 4.68 Å². The first-order valence-corrected chi connectivity index (χ1v) is 4.52. The summed E-state index contributed by atoms with van der Waals surface area (Å²) in [7, 11) is 1.92. The SMILES string of the molecule is Cc1cc(NCc2ccco2)nn1C.Cl. The molecule has 2 rings (SSSR count). The van der Waals surface area contributed by atoms with Crippen LogP contribution >= 0.6 is 12.4 Å². The van der Waals surface area contributed by atoms with Crippen molar-refractivity contribution >= 4 is 18.2 Å². The molecule has 0 radical (unpaired) electrons. The highest BCUT2D eigenvalue weighted by atomic mass is 35.5. The van der Waals surface area contributed by atoms with E-state index in [1.807, 2.05) is 36.9 Å². The van der Waals surface area contributed by atoms with Crippen LogP contribution < -0.4 is 5.32 Å². The molecule has 82 valence electrons. The molecule has 0 saturated heterocycles. The quantitative estimate of drug-likeness (QED) is 0.876. The van der Waals surface area contributed by atoms with Crippen molar-refractivity contribution in [3.05, 3.63) is 35.9 Å². The van der Waals surface area contributed by atoms with E-state index in [9.17, 15) is 0 Å². The minimum absolute atomic E-state index is 0. The molecule has 2 aromatic heterocycles. The molecule has 0 aliphatic carbocycles. The Balaban J connectivity index is 0.00000112. The molecule has 0 aliphatic rings. The molecule has 0 saturated carbocycles. The van der Waals surface area contributed by atoms with Gasteiger partial charge in [-0.05, 0) is 19.1 Å². The van der Waals surface area contributed by atoms with Gasteiger partial charge in [-0.2, -0.15) is 5.10 Å². The Kier molecular flexibility index (Phi) is 3.80. The summed E-state index contributed by atoms with van der Waals surface area (Å²) < 4.78 is 7.03. The van der Waals surface area contributed by atoms with Crippen LogP contribution in [0, 0.1) is 6.92 Å². The van der Waals surface area contributed by atoms with E-state index in [4.69, 9.17) is 4.42 Å². The Morgan fingerprint density at radius 3 is 2.87 bits per heavy atom. The second-order valence-electron chi connectivity index (χ2n) is 3.23. The predicted molar refractivity (Wildman–Crippen MR) is 61.2 cm³/mol. The number of hydrogen-bond donors (Lipinski definition) is 1. The summed E-state index contributed by atoms with van der Waals surface area (Å²) >= 11 is 0. The van der Waals surface area contributed by atoms with Crippen LogP contribution in [0.15, 0.2) is 28.9 Å². The molecule has 0 aliphatic heterocycles. The van der Waals surface area contributed by atoms with Crippen LogP contribution in [0.5, 0.6) is 0 Å². The molecule has 4 nitrogen and oxygen atoms in total. The van der Waals surface area contributed by atoms with Crippen molar-refractivity contribution in [3.63, 3.8) is 0 Å². The third-order valence-electron chi connectivity index (χ3n) is 2.14. The van der Waals surface area contributed by atoms with Crippen LogP contribution in [0.3, 0.4) is 0 Å². The topological polar surface area (TPSA) is 43.0 Å². The van der Waals surface area contributed by atoms with Gasteiger partial charge in [-0.1, -0.05) is 0 Å². The van der Waals surface area contributed by atoms with E-state index in [2.05, 4.69) is 10.4 Å². The van der Waals surface area contributed by atoms with Crippen molar-refractivity contribution in [1.29, 1.82) is 0 Å². The summed E-state index contributed by atoms with van der Waals surface area (Å²) in [6, 6.07) is 5.81. The molecule has 5 heteroatoms. The van der Waals surface area contributed by atoms with Crippen molar-refractivity contribution in [2.75, 3.05) is 5.32 Å². The lowest BCUT2D eigenvalue weighted by molar-refractivity contribution is 0.517. The van der Waals surface area contributed by atoms with Gasteiger partial charge in [-0.15, -0.1) is 12.4 Å². The van der Waals surface area contributed by atoms with E-state index in [1.165, 1.54) is 0 Å². The van der Waals surface area contributed by atoms with Crippen molar-refractivity contribution in [2.24, 2.45) is 7.05 Å². The Morgan fingerprint density at radius 2 is 2.33 bits per heavy atom. The van der Waals surface area contributed by atoms with Gasteiger partial charge < -0.3 is 9.73 Å². The second-order valence-corrected chi connectivity index (χ2v) is 3.23. The maximum Gasteiger partial charge on any atom is 0.148 e. The summed E-state index contributed by atoms with van der Waals surface area (Å²) in [6.07, 6.45) is 1.67. The number of hydrogen-bond acceptors (Lipinski definition) is 3. The number of nitrogens with zero attached hydrogens (tertiary/aromatic N) is 2. The first kappa shape index (κ1) is 11.7. The highest BCUT2D eigenvalue weighted by Crippen LogP contribution is 2.09. The fourth-order valence-electron chi connectivity index (χ4n) is 1.24. The minimum Gasteiger partial charge on any atom is -0.467 e. The molecule has 0 amide bonds. The predicted octanol–water partition coefficient (Wildman–Crippen LogP) is 2.36. The molecule has 0 aromatic carbocycles. The van der Waals surface area contributed by atoms with Crippen LogP contribution in [-0.2, 0) is 13.6 Å². The van der Waals surface area contributed by atoms with Crippen molar-refractivity contribution < 1.29 is 4.42 Å². The van der Waals surface area contributed by atoms with E-state index in [0.29, 0.717) is 6.54 Å². The summed E-state index contributed by atoms with van der Waals surface area (Å²) in [4.78, 5) is 0. The molecule has 0 fully saturated rings. The first-order chi connectivity index (χ1) is 6.75. The molecular formula is C10H14ClN3O. The zero-order chi connectivity index (χ0) is 9.97. The standard InChI is InChI=1S/C10H13N3O.ClH/c1-8-6-10(12-13(8)2)11-7-9-4-3-5-14-9;/h3-6H,7H2,1-2H3,(H,11,12);1H. The summed E-state index contributed by atoms with van der Waals surface area (Å²) in [5.41, 5.74) is 1.13. The van der Waals surface area contributed by atoms with Gasteiger partial charge in [0, 0.05) is 18.8 Å². The van der Waals surface area contributed by atoms with Crippen molar-refractivity contribution in [2.45, 2.75) is 13.5 Å². The molecule has 0 bridgehead atoms. The highest BCUT2D eigenvalue weighted by molar-refractivity contribution is 5.85. The van der Waals surface area contributed by atoms with Crippen LogP contribution in [0.1, 0.15) is 11.5 Å². The number of aromatic nitrogens is 2. The number of anilines is 1. The zero-order valence-corrected chi connectivity index (χ0v) is 9.54. The minimum atomic E-state index is 0. The molecule has 2 aromatic rings. The van der Waals surface area contributed by atoms with E-state index in [1.54, 1.807) is 6.26 Å². The molecule has 0 unspecified atom stereocenters. The van der Waals surface area contributed by atoms with E-state index in [0.717, 1.165) is 17.3 Å². The average Bonchev–Trinajstić information content (AvgIpc) is 2.74. The third-order valence-corrected chi connectivity index (χ3v) is 2.14. The lowest BCUT2D eigenvalue weighted by Gasteiger charge is -1.98. The van der Waals surface area contributed by atoms with Crippen molar-refractivity contribution in [1.82, 2.24) is 9.78 Å². The van der Waals surface area contributed by atoms with Crippen LogP contribution in [-0.4, -0.2) is 9.78 Å². The maximum absolute atomic E-state index is 5.20. The number of halogens is 1.